The highest BCUT2D eigenvalue weighted by Gasteiger charge is 2.03. The first-order valence-corrected chi connectivity index (χ1v) is 4.24. The molecule has 0 saturated heterocycles. The van der Waals surface area contributed by atoms with Crippen molar-refractivity contribution in [3.8, 4) is 12.3 Å². The van der Waals surface area contributed by atoms with E-state index in [0.29, 0.717) is 5.57 Å². The molecule has 5 nitrogen and oxygen atoms in total. The van der Waals surface area contributed by atoms with Gasteiger partial charge in [0.15, 0.2) is 6.61 Å². The van der Waals surface area contributed by atoms with E-state index in [-0.39, 0.29) is 25.7 Å². The highest BCUT2D eigenvalue weighted by atomic mass is 16.7. The van der Waals surface area contributed by atoms with Crippen molar-refractivity contribution in [2.45, 2.75) is 6.92 Å². The molecule has 0 aromatic rings. The smallest absolute Gasteiger partial charge is 0.432 e. The summed E-state index contributed by atoms with van der Waals surface area (Å²) in [7, 11) is 0. The second-order valence-corrected chi connectivity index (χ2v) is 2.63. The predicted molar refractivity (Wildman–Crippen MR) is 54.0 cm³/mol. The van der Waals surface area contributed by atoms with Gasteiger partial charge in [-0.15, -0.1) is 6.42 Å². The van der Waals surface area contributed by atoms with E-state index < -0.39 is 6.16 Å². The third-order valence-corrected chi connectivity index (χ3v) is 1.27. The van der Waals surface area contributed by atoms with Gasteiger partial charge in [-0.3, -0.25) is 4.79 Å². The van der Waals surface area contributed by atoms with Crippen LogP contribution in [0.1, 0.15) is 6.92 Å². The molecule has 82 valence electrons. The Morgan fingerprint density at radius 3 is 2.67 bits per heavy atom. The maximum absolute atomic E-state index is 11.0. The summed E-state index contributed by atoms with van der Waals surface area (Å²) in [6.07, 6.45) is 4.01. The van der Waals surface area contributed by atoms with Crippen LogP contribution in [0.25, 0.3) is 0 Å². The highest BCUT2D eigenvalue weighted by molar-refractivity contribution is 5.92. The molecular formula is C10H13NO4. The quantitative estimate of drug-likeness (QED) is 0.310. The van der Waals surface area contributed by atoms with E-state index in [1.165, 1.54) is 0 Å². The van der Waals surface area contributed by atoms with E-state index in [1.807, 2.05) is 0 Å². The predicted octanol–water partition coefficient (Wildman–Crippen LogP) is 0.465. The van der Waals surface area contributed by atoms with Crippen LogP contribution in [0.5, 0.6) is 0 Å². The second-order valence-electron chi connectivity index (χ2n) is 2.63. The number of amides is 1. The van der Waals surface area contributed by atoms with Crippen molar-refractivity contribution in [2.24, 2.45) is 0 Å². The molecule has 0 radical (unpaired) electrons. The van der Waals surface area contributed by atoms with E-state index in [9.17, 15) is 9.59 Å². The lowest BCUT2D eigenvalue weighted by atomic mass is 10.3. The Morgan fingerprint density at radius 1 is 1.47 bits per heavy atom. The molecule has 0 saturated carbocycles. The zero-order valence-corrected chi connectivity index (χ0v) is 8.54. The monoisotopic (exact) mass is 211 g/mol. The van der Waals surface area contributed by atoms with Crippen molar-refractivity contribution in [1.82, 2.24) is 5.32 Å². The summed E-state index contributed by atoms with van der Waals surface area (Å²) >= 11 is 0. The minimum atomic E-state index is -0.850. The van der Waals surface area contributed by atoms with Gasteiger partial charge in [0.25, 0.3) is 0 Å². The van der Waals surface area contributed by atoms with Crippen molar-refractivity contribution in [3.63, 3.8) is 0 Å². The van der Waals surface area contributed by atoms with E-state index in [0.717, 1.165) is 0 Å². The fourth-order valence-corrected chi connectivity index (χ4v) is 0.592. The first-order valence-electron chi connectivity index (χ1n) is 4.24. The molecule has 1 amide bonds. The summed E-state index contributed by atoms with van der Waals surface area (Å²) < 4.78 is 8.99. The van der Waals surface area contributed by atoms with Crippen LogP contribution < -0.4 is 5.32 Å². The Hall–Kier alpha value is -1.96. The van der Waals surface area contributed by atoms with Crippen molar-refractivity contribution >= 4 is 12.1 Å². The molecule has 0 aromatic carbocycles. The van der Waals surface area contributed by atoms with Gasteiger partial charge >= 0.3 is 6.16 Å². The van der Waals surface area contributed by atoms with E-state index in [1.54, 1.807) is 6.92 Å². The molecule has 0 aliphatic rings. The van der Waals surface area contributed by atoms with Gasteiger partial charge in [0.2, 0.25) is 5.91 Å². The maximum atomic E-state index is 11.0. The van der Waals surface area contributed by atoms with Crippen LogP contribution in [0.3, 0.4) is 0 Å². The second kappa shape index (κ2) is 7.44. The molecule has 0 aliphatic heterocycles. The van der Waals surface area contributed by atoms with Gasteiger partial charge < -0.3 is 14.8 Å². The molecule has 0 spiro atoms. The van der Waals surface area contributed by atoms with Crippen molar-refractivity contribution in [2.75, 3.05) is 19.8 Å². The van der Waals surface area contributed by atoms with Gasteiger partial charge in [0, 0.05) is 5.57 Å². The van der Waals surface area contributed by atoms with Crippen LogP contribution in [-0.2, 0) is 14.3 Å². The lowest BCUT2D eigenvalue weighted by Crippen LogP contribution is -2.28. The molecule has 0 rings (SSSR count). The van der Waals surface area contributed by atoms with Crippen molar-refractivity contribution in [1.29, 1.82) is 0 Å². The van der Waals surface area contributed by atoms with E-state index in [4.69, 9.17) is 6.42 Å². The Balaban J connectivity index is 3.47. The third-order valence-electron chi connectivity index (χ3n) is 1.27. The van der Waals surface area contributed by atoms with Gasteiger partial charge in [-0.2, -0.15) is 0 Å². The summed E-state index contributed by atoms with van der Waals surface area (Å²) in [4.78, 5) is 21.7. The van der Waals surface area contributed by atoms with Crippen LogP contribution >= 0.6 is 0 Å². The van der Waals surface area contributed by atoms with E-state index in [2.05, 4.69) is 27.3 Å². The minimum absolute atomic E-state index is 0.0302. The Labute approximate surface area is 88.4 Å². The van der Waals surface area contributed by atoms with Crippen LogP contribution in [0.15, 0.2) is 12.2 Å². The zero-order chi connectivity index (χ0) is 11.7. The number of rotatable bonds is 5. The molecule has 0 aliphatic carbocycles. The maximum Gasteiger partial charge on any atom is 0.509 e. The molecule has 0 heterocycles. The van der Waals surface area contributed by atoms with Gasteiger partial charge in [-0.25, -0.2) is 4.79 Å². The summed E-state index contributed by atoms with van der Waals surface area (Å²) in [5.74, 6) is 1.84. The summed E-state index contributed by atoms with van der Waals surface area (Å²) in [5, 5.41) is 2.48. The summed E-state index contributed by atoms with van der Waals surface area (Å²) in [6, 6.07) is 0. The molecule has 0 aromatic heterocycles. The number of nitrogens with one attached hydrogen (secondary N) is 1. The molecule has 0 atom stereocenters. The average molecular weight is 211 g/mol. The SMILES string of the molecule is C#CCOC(=O)OCCNC(=O)C(=C)C. The molecule has 0 fully saturated rings. The average Bonchev–Trinajstić information content (AvgIpc) is 2.20. The molecule has 0 unspecified atom stereocenters. The minimum Gasteiger partial charge on any atom is -0.432 e. The molecule has 15 heavy (non-hydrogen) atoms. The van der Waals surface area contributed by atoms with Crippen LogP contribution in [0, 0.1) is 12.3 Å². The summed E-state index contributed by atoms with van der Waals surface area (Å²) in [6.45, 7) is 5.13. The molecule has 0 bridgehead atoms. The molecule has 1 N–H and O–H groups in total. The Morgan fingerprint density at radius 2 is 2.13 bits per heavy atom. The topological polar surface area (TPSA) is 64.6 Å². The molecular weight excluding hydrogens is 198 g/mol. The number of carbonyl (C=O) groups excluding carboxylic acids is 2. The zero-order valence-electron chi connectivity index (χ0n) is 8.54. The van der Waals surface area contributed by atoms with Gasteiger partial charge in [-0.1, -0.05) is 12.5 Å². The lowest BCUT2D eigenvalue weighted by molar-refractivity contribution is -0.117. The first-order chi connectivity index (χ1) is 7.07. The number of hydrogen-bond acceptors (Lipinski definition) is 4. The fraction of sp³-hybridized carbons (Fsp3) is 0.400. The van der Waals surface area contributed by atoms with Crippen LogP contribution in [0.2, 0.25) is 0 Å². The number of carbonyl (C=O) groups is 2. The van der Waals surface area contributed by atoms with Gasteiger partial charge in [0.05, 0.1) is 6.54 Å². The Kier molecular flexibility index (Phi) is 6.47. The standard InChI is InChI=1S/C10H13NO4/c1-4-6-14-10(13)15-7-5-11-9(12)8(2)3/h1H,2,5-7H2,3H3,(H,11,12). The lowest BCUT2D eigenvalue weighted by Gasteiger charge is -2.05. The highest BCUT2D eigenvalue weighted by Crippen LogP contribution is 1.86. The number of hydrogen-bond donors (Lipinski definition) is 1. The van der Waals surface area contributed by atoms with Gasteiger partial charge in [-0.05, 0) is 6.92 Å². The van der Waals surface area contributed by atoms with Crippen LogP contribution in [-0.4, -0.2) is 31.8 Å². The van der Waals surface area contributed by atoms with E-state index >= 15 is 0 Å². The first kappa shape index (κ1) is 13.0. The fourth-order valence-electron chi connectivity index (χ4n) is 0.592. The number of terminal acetylenes is 1. The Bertz CT molecular complexity index is 290. The van der Waals surface area contributed by atoms with Crippen LogP contribution in [0.4, 0.5) is 4.79 Å². The van der Waals surface area contributed by atoms with Crippen molar-refractivity contribution in [3.05, 3.63) is 12.2 Å². The van der Waals surface area contributed by atoms with Gasteiger partial charge in [0.1, 0.15) is 6.61 Å². The third kappa shape index (κ3) is 7.14. The molecule has 5 heteroatoms. The normalized spacial score (nSPS) is 8.53. The number of ether oxygens (including phenoxy) is 2. The summed E-state index contributed by atoms with van der Waals surface area (Å²) in [5.41, 5.74) is 0.393. The largest absolute Gasteiger partial charge is 0.509 e. The van der Waals surface area contributed by atoms with Crippen molar-refractivity contribution < 1.29 is 19.1 Å².